The summed E-state index contributed by atoms with van der Waals surface area (Å²) in [4.78, 5) is 4.39. The topological polar surface area (TPSA) is 63.0 Å². The van der Waals surface area contributed by atoms with Gasteiger partial charge in [0.05, 0.1) is 5.69 Å². The molecule has 17 heavy (non-hydrogen) atoms. The Morgan fingerprint density at radius 1 is 1.29 bits per heavy atom. The molecule has 5 heteroatoms. The predicted molar refractivity (Wildman–Crippen MR) is 72.7 cm³/mol. The molecule has 4 N–H and O–H groups in total. The lowest BCUT2D eigenvalue weighted by Crippen LogP contribution is -2.41. The number of hydrogen-bond donors (Lipinski definition) is 3. The molecule has 2 rings (SSSR count). The largest absolute Gasteiger partial charge is 0.375 e. The van der Waals surface area contributed by atoms with Gasteiger partial charge < -0.3 is 11.2 Å². The van der Waals surface area contributed by atoms with Crippen LogP contribution in [0.4, 0.5) is 0 Å². The van der Waals surface area contributed by atoms with Crippen LogP contribution in [0.15, 0.2) is 30.1 Å². The minimum atomic E-state index is 0.253. The van der Waals surface area contributed by atoms with Crippen molar-refractivity contribution in [2.45, 2.75) is 25.7 Å². The van der Waals surface area contributed by atoms with Gasteiger partial charge in [0.25, 0.3) is 0 Å². The van der Waals surface area contributed by atoms with Crippen LogP contribution in [0.3, 0.4) is 0 Å². The van der Waals surface area contributed by atoms with Crippen LogP contribution in [-0.2, 0) is 0 Å². The first kappa shape index (κ1) is 11.9. The van der Waals surface area contributed by atoms with Gasteiger partial charge in [0.2, 0.25) is 0 Å². The molecule has 90 valence electrons. The number of nitrogens with zero attached hydrogens (tertiary/aromatic N) is 1. The summed E-state index contributed by atoms with van der Waals surface area (Å²) < 4.78 is 0. The second-order valence-corrected chi connectivity index (χ2v) is 4.43. The van der Waals surface area contributed by atoms with Gasteiger partial charge in [-0.15, -0.1) is 0 Å². The summed E-state index contributed by atoms with van der Waals surface area (Å²) in [5.41, 5.74) is 14.7. The average molecular weight is 248 g/mol. The third-order valence-electron chi connectivity index (χ3n) is 2.78. The standard InChI is InChI=1S/C12H16N4S/c13-12(17)16-15-11-7-2-1-5-9(11)10-6-3-4-8-14-10/h3-4,6,8,15H,1-2,5,7H2,(H3,13,16,17). The Hall–Kier alpha value is -1.62. The number of hydrazine groups is 1. The van der Waals surface area contributed by atoms with E-state index in [1.54, 1.807) is 0 Å². The molecular weight excluding hydrogens is 232 g/mol. The van der Waals surface area contributed by atoms with Crippen molar-refractivity contribution in [2.75, 3.05) is 0 Å². The van der Waals surface area contributed by atoms with Gasteiger partial charge in [-0.3, -0.25) is 10.4 Å². The van der Waals surface area contributed by atoms with Gasteiger partial charge in [-0.1, -0.05) is 6.07 Å². The van der Waals surface area contributed by atoms with Crippen LogP contribution in [0, 0.1) is 0 Å². The fourth-order valence-corrected chi connectivity index (χ4v) is 2.06. The molecule has 1 aromatic rings. The molecule has 0 saturated heterocycles. The summed E-state index contributed by atoms with van der Waals surface area (Å²) in [5.74, 6) is 0. The predicted octanol–water partition coefficient (Wildman–Crippen LogP) is 1.70. The maximum Gasteiger partial charge on any atom is 0.182 e. The van der Waals surface area contributed by atoms with Gasteiger partial charge in [-0.25, -0.2) is 0 Å². The highest BCUT2D eigenvalue weighted by molar-refractivity contribution is 7.80. The van der Waals surface area contributed by atoms with E-state index in [4.69, 9.17) is 18.0 Å². The molecule has 0 aromatic carbocycles. The molecule has 1 aliphatic carbocycles. The van der Waals surface area contributed by atoms with Crippen LogP contribution < -0.4 is 16.6 Å². The van der Waals surface area contributed by atoms with E-state index in [0.717, 1.165) is 24.2 Å². The average Bonchev–Trinajstić information content (AvgIpc) is 2.38. The number of rotatable bonds is 3. The van der Waals surface area contributed by atoms with E-state index < -0.39 is 0 Å². The Balaban J connectivity index is 2.22. The normalized spacial score (nSPS) is 15.5. The lowest BCUT2D eigenvalue weighted by molar-refractivity contribution is 0.634. The smallest absolute Gasteiger partial charge is 0.182 e. The molecule has 4 nitrogen and oxygen atoms in total. The number of aromatic nitrogens is 1. The van der Waals surface area contributed by atoms with E-state index in [9.17, 15) is 0 Å². The summed E-state index contributed by atoms with van der Waals surface area (Å²) in [6.45, 7) is 0. The maximum absolute atomic E-state index is 5.41. The second-order valence-electron chi connectivity index (χ2n) is 3.99. The fourth-order valence-electron chi connectivity index (χ4n) is 2.00. The van der Waals surface area contributed by atoms with Crippen LogP contribution in [0.25, 0.3) is 5.57 Å². The van der Waals surface area contributed by atoms with Gasteiger partial charge in [-0.05, 0) is 55.6 Å². The Kier molecular flexibility index (Phi) is 3.93. The monoisotopic (exact) mass is 248 g/mol. The van der Waals surface area contributed by atoms with Gasteiger partial charge in [0, 0.05) is 11.9 Å². The third-order valence-corrected chi connectivity index (χ3v) is 2.88. The Morgan fingerprint density at radius 2 is 2.12 bits per heavy atom. The highest BCUT2D eigenvalue weighted by Crippen LogP contribution is 2.29. The molecule has 0 saturated carbocycles. The quantitative estimate of drug-likeness (QED) is 0.561. The SMILES string of the molecule is NC(=S)NNC1=C(c2ccccn2)CCCC1. The van der Waals surface area contributed by atoms with E-state index >= 15 is 0 Å². The molecule has 0 atom stereocenters. The molecule has 1 heterocycles. The maximum atomic E-state index is 5.41. The van der Waals surface area contributed by atoms with Crippen molar-refractivity contribution in [1.29, 1.82) is 0 Å². The zero-order valence-electron chi connectivity index (χ0n) is 9.57. The zero-order valence-corrected chi connectivity index (χ0v) is 10.4. The van der Waals surface area contributed by atoms with Crippen molar-refractivity contribution in [3.05, 3.63) is 35.8 Å². The number of allylic oxidation sites excluding steroid dienone is 2. The van der Waals surface area contributed by atoms with E-state index in [2.05, 4.69) is 15.8 Å². The van der Waals surface area contributed by atoms with Crippen molar-refractivity contribution in [3.63, 3.8) is 0 Å². The number of nitrogens with one attached hydrogen (secondary N) is 2. The molecule has 1 aromatic heterocycles. The van der Waals surface area contributed by atoms with Gasteiger partial charge in [0.1, 0.15) is 0 Å². The molecule has 0 fully saturated rings. The molecule has 0 radical (unpaired) electrons. The van der Waals surface area contributed by atoms with E-state index in [0.29, 0.717) is 0 Å². The Bertz CT molecular complexity index is 427. The van der Waals surface area contributed by atoms with Crippen LogP contribution in [-0.4, -0.2) is 10.1 Å². The Labute approximate surface area is 106 Å². The molecule has 0 aliphatic heterocycles. The van der Waals surface area contributed by atoms with Crippen molar-refractivity contribution in [1.82, 2.24) is 15.8 Å². The van der Waals surface area contributed by atoms with E-state index in [-0.39, 0.29) is 5.11 Å². The highest BCUT2D eigenvalue weighted by Gasteiger charge is 2.14. The van der Waals surface area contributed by atoms with Crippen LogP contribution >= 0.6 is 12.2 Å². The molecule has 1 aliphatic rings. The minimum Gasteiger partial charge on any atom is -0.375 e. The van der Waals surface area contributed by atoms with Crippen molar-refractivity contribution >= 4 is 22.9 Å². The molecule has 0 unspecified atom stereocenters. The van der Waals surface area contributed by atoms with E-state index in [1.807, 2.05) is 24.4 Å². The first-order chi connectivity index (χ1) is 8.27. The molecule has 0 spiro atoms. The van der Waals surface area contributed by atoms with Crippen LogP contribution in [0.5, 0.6) is 0 Å². The lowest BCUT2D eigenvalue weighted by Gasteiger charge is -2.21. The second kappa shape index (κ2) is 5.63. The van der Waals surface area contributed by atoms with Crippen LogP contribution in [0.1, 0.15) is 31.4 Å². The van der Waals surface area contributed by atoms with Gasteiger partial charge >= 0.3 is 0 Å². The summed E-state index contributed by atoms with van der Waals surface area (Å²) in [6, 6.07) is 5.96. The third kappa shape index (κ3) is 3.17. The van der Waals surface area contributed by atoms with Crippen molar-refractivity contribution in [2.24, 2.45) is 5.73 Å². The summed E-state index contributed by atoms with van der Waals surface area (Å²) in [7, 11) is 0. The Morgan fingerprint density at radius 3 is 2.82 bits per heavy atom. The van der Waals surface area contributed by atoms with Crippen molar-refractivity contribution < 1.29 is 0 Å². The number of nitrogens with two attached hydrogens (primary N) is 1. The fraction of sp³-hybridized carbons (Fsp3) is 0.333. The van der Waals surface area contributed by atoms with Gasteiger partial charge in [-0.2, -0.15) is 0 Å². The minimum absolute atomic E-state index is 0.253. The summed E-state index contributed by atoms with van der Waals surface area (Å²) in [5, 5.41) is 0.253. The molecular formula is C12H16N4S. The molecule has 0 amide bonds. The van der Waals surface area contributed by atoms with Gasteiger partial charge in [0.15, 0.2) is 5.11 Å². The number of hydrogen-bond acceptors (Lipinski definition) is 3. The van der Waals surface area contributed by atoms with Crippen molar-refractivity contribution in [3.8, 4) is 0 Å². The first-order valence-corrected chi connectivity index (χ1v) is 6.13. The van der Waals surface area contributed by atoms with Crippen LogP contribution in [0.2, 0.25) is 0 Å². The van der Waals surface area contributed by atoms with E-state index in [1.165, 1.54) is 18.4 Å². The lowest BCUT2D eigenvalue weighted by atomic mass is 9.94. The number of thiocarbonyl (C=S) groups is 1. The number of pyridine rings is 1. The molecule has 0 bridgehead atoms. The summed E-state index contributed by atoms with van der Waals surface area (Å²) >= 11 is 4.79. The highest BCUT2D eigenvalue weighted by atomic mass is 32.1. The zero-order chi connectivity index (χ0) is 12.1. The first-order valence-electron chi connectivity index (χ1n) is 5.72. The summed E-state index contributed by atoms with van der Waals surface area (Å²) in [6.07, 6.45) is 6.23.